The summed E-state index contributed by atoms with van der Waals surface area (Å²) in [7, 11) is 0. The second kappa shape index (κ2) is 7.17. The van der Waals surface area contributed by atoms with Gasteiger partial charge in [-0.3, -0.25) is 20.0 Å². The van der Waals surface area contributed by atoms with E-state index in [0.29, 0.717) is 11.4 Å². The van der Waals surface area contributed by atoms with E-state index >= 15 is 0 Å². The number of hydrogen-bond donors (Lipinski definition) is 1. The van der Waals surface area contributed by atoms with Gasteiger partial charge < -0.3 is 5.32 Å². The molecule has 0 spiro atoms. The van der Waals surface area contributed by atoms with Gasteiger partial charge in [-0.05, 0) is 32.5 Å². The van der Waals surface area contributed by atoms with Crippen molar-refractivity contribution in [2.45, 2.75) is 26.8 Å². The second-order valence-corrected chi connectivity index (χ2v) is 5.46. The molecule has 0 atom stereocenters. The summed E-state index contributed by atoms with van der Waals surface area (Å²) in [5.41, 5.74) is 0.994. The number of rotatable bonds is 7. The molecule has 1 aromatic heterocycles. The van der Waals surface area contributed by atoms with Gasteiger partial charge in [0.1, 0.15) is 0 Å². The lowest BCUT2D eigenvalue weighted by atomic mass is 10.1. The van der Waals surface area contributed by atoms with Crippen LogP contribution in [0.25, 0.3) is 10.8 Å². The summed E-state index contributed by atoms with van der Waals surface area (Å²) in [4.78, 5) is 17.1. The number of nitrogens with zero attached hydrogens (tertiary/aromatic N) is 3. The summed E-state index contributed by atoms with van der Waals surface area (Å²) < 4.78 is 0. The maximum atomic E-state index is 11.1. The van der Waals surface area contributed by atoms with Crippen molar-refractivity contribution in [1.82, 2.24) is 9.88 Å². The summed E-state index contributed by atoms with van der Waals surface area (Å²) in [6.45, 7) is 9.23. The average Bonchev–Trinajstić information content (AvgIpc) is 2.50. The van der Waals surface area contributed by atoms with E-state index in [1.54, 1.807) is 18.5 Å². The molecular formula is C16H22N4O2. The molecule has 1 aromatic carbocycles. The topological polar surface area (TPSA) is 71.3 Å². The van der Waals surface area contributed by atoms with Crippen molar-refractivity contribution in [1.29, 1.82) is 0 Å². The van der Waals surface area contributed by atoms with Crippen molar-refractivity contribution in [3.05, 3.63) is 40.7 Å². The molecule has 0 amide bonds. The number of benzene rings is 1. The van der Waals surface area contributed by atoms with Gasteiger partial charge in [-0.2, -0.15) is 0 Å². The number of fused-ring (bicyclic) bond motifs is 1. The predicted octanol–water partition coefficient (Wildman–Crippen LogP) is 3.29. The fraction of sp³-hybridized carbons (Fsp3) is 0.438. The zero-order chi connectivity index (χ0) is 16.1. The van der Waals surface area contributed by atoms with E-state index in [9.17, 15) is 10.1 Å². The van der Waals surface area contributed by atoms with Crippen LogP contribution in [0.15, 0.2) is 30.6 Å². The molecular weight excluding hydrogens is 280 g/mol. The number of likely N-dealkylation sites (N-methyl/N-ethyl adjacent to an activating group) is 1. The lowest BCUT2D eigenvalue weighted by Gasteiger charge is -2.25. The molecule has 1 N–H and O–H groups in total. The van der Waals surface area contributed by atoms with Crippen LogP contribution < -0.4 is 5.32 Å². The van der Waals surface area contributed by atoms with Crippen LogP contribution in [0.1, 0.15) is 20.8 Å². The normalized spacial score (nSPS) is 11.3. The van der Waals surface area contributed by atoms with Crippen molar-refractivity contribution in [2.24, 2.45) is 0 Å². The van der Waals surface area contributed by atoms with Gasteiger partial charge in [-0.25, -0.2) is 0 Å². The molecule has 6 heteroatoms. The number of nitro groups is 1. The van der Waals surface area contributed by atoms with Gasteiger partial charge in [0.05, 0.1) is 10.3 Å². The second-order valence-electron chi connectivity index (χ2n) is 5.46. The summed E-state index contributed by atoms with van der Waals surface area (Å²) in [5.74, 6) is 0. The Hall–Kier alpha value is -2.21. The van der Waals surface area contributed by atoms with Gasteiger partial charge in [0.2, 0.25) is 0 Å². The minimum Gasteiger partial charge on any atom is -0.383 e. The minimum atomic E-state index is -0.370. The van der Waals surface area contributed by atoms with Crippen LogP contribution in [-0.4, -0.2) is 40.5 Å². The third-order valence-corrected chi connectivity index (χ3v) is 3.84. The molecule has 0 saturated carbocycles. The van der Waals surface area contributed by atoms with E-state index in [1.165, 1.54) is 6.07 Å². The largest absolute Gasteiger partial charge is 0.383 e. The zero-order valence-electron chi connectivity index (χ0n) is 13.2. The molecule has 0 aliphatic heterocycles. The Bertz CT molecular complexity index is 658. The van der Waals surface area contributed by atoms with E-state index < -0.39 is 0 Å². The first-order valence-electron chi connectivity index (χ1n) is 7.53. The maximum Gasteiger partial charge on any atom is 0.278 e. The molecule has 1 heterocycles. The van der Waals surface area contributed by atoms with E-state index in [0.717, 1.165) is 30.7 Å². The van der Waals surface area contributed by atoms with Crippen LogP contribution in [0.2, 0.25) is 0 Å². The molecule has 2 aromatic rings. The summed E-state index contributed by atoms with van der Waals surface area (Å²) in [5, 5.41) is 15.9. The molecule has 0 aliphatic rings. The number of nitro benzene ring substituents is 1. The van der Waals surface area contributed by atoms with Crippen LogP contribution >= 0.6 is 0 Å². The summed E-state index contributed by atoms with van der Waals surface area (Å²) >= 11 is 0. The number of nitrogens with one attached hydrogen (secondary N) is 1. The quantitative estimate of drug-likeness (QED) is 0.627. The fourth-order valence-electron chi connectivity index (χ4n) is 2.60. The first-order valence-corrected chi connectivity index (χ1v) is 7.53. The molecule has 0 fully saturated rings. The molecule has 118 valence electrons. The zero-order valence-corrected chi connectivity index (χ0v) is 13.2. The molecule has 0 unspecified atom stereocenters. The number of anilines is 1. The van der Waals surface area contributed by atoms with E-state index in [4.69, 9.17) is 0 Å². The highest BCUT2D eigenvalue weighted by molar-refractivity contribution is 5.99. The first kappa shape index (κ1) is 16.2. The Balaban J connectivity index is 2.19. The Morgan fingerprint density at radius 1 is 1.32 bits per heavy atom. The third-order valence-electron chi connectivity index (χ3n) is 3.84. The summed E-state index contributed by atoms with van der Waals surface area (Å²) in [6.07, 6.45) is 3.20. The van der Waals surface area contributed by atoms with Gasteiger partial charge >= 0.3 is 0 Å². The Morgan fingerprint density at radius 3 is 2.73 bits per heavy atom. The molecule has 0 saturated heterocycles. The summed E-state index contributed by atoms with van der Waals surface area (Å²) in [6, 6.07) is 5.62. The average molecular weight is 302 g/mol. The highest BCUT2D eigenvalue weighted by Crippen LogP contribution is 2.30. The lowest BCUT2D eigenvalue weighted by molar-refractivity contribution is -0.383. The van der Waals surface area contributed by atoms with E-state index in [1.807, 2.05) is 6.07 Å². The van der Waals surface area contributed by atoms with Crippen molar-refractivity contribution >= 4 is 22.1 Å². The molecule has 0 bridgehead atoms. The van der Waals surface area contributed by atoms with Gasteiger partial charge in [-0.15, -0.1) is 0 Å². The molecule has 6 nitrogen and oxygen atoms in total. The Labute approximate surface area is 130 Å². The Morgan fingerprint density at radius 2 is 2.09 bits per heavy atom. The van der Waals surface area contributed by atoms with Crippen molar-refractivity contribution in [3.8, 4) is 0 Å². The van der Waals surface area contributed by atoms with Gasteiger partial charge in [0.25, 0.3) is 5.69 Å². The standard InChI is InChI=1S/C16H22N4O2/c1-4-19(12(2)3)10-9-18-15-5-6-16(20(21)22)14-11-17-8-7-13(14)15/h5-8,11-12,18H,4,9-10H2,1-3H3. The monoisotopic (exact) mass is 302 g/mol. The highest BCUT2D eigenvalue weighted by atomic mass is 16.6. The highest BCUT2D eigenvalue weighted by Gasteiger charge is 2.14. The van der Waals surface area contributed by atoms with Gasteiger partial charge in [0, 0.05) is 48.7 Å². The number of non-ortho nitro benzene ring substituents is 1. The van der Waals surface area contributed by atoms with E-state index in [-0.39, 0.29) is 10.6 Å². The maximum absolute atomic E-state index is 11.1. The van der Waals surface area contributed by atoms with Crippen LogP contribution in [0.3, 0.4) is 0 Å². The molecule has 0 aliphatic carbocycles. The Kier molecular flexibility index (Phi) is 5.27. The van der Waals surface area contributed by atoms with Gasteiger partial charge in [0.15, 0.2) is 0 Å². The van der Waals surface area contributed by atoms with Crippen LogP contribution in [0.5, 0.6) is 0 Å². The molecule has 22 heavy (non-hydrogen) atoms. The number of aromatic nitrogens is 1. The smallest absolute Gasteiger partial charge is 0.278 e. The predicted molar refractivity (Wildman–Crippen MR) is 89.3 cm³/mol. The van der Waals surface area contributed by atoms with Crippen molar-refractivity contribution in [2.75, 3.05) is 25.0 Å². The number of hydrogen-bond acceptors (Lipinski definition) is 5. The van der Waals surface area contributed by atoms with Crippen LogP contribution in [0.4, 0.5) is 11.4 Å². The van der Waals surface area contributed by atoms with E-state index in [2.05, 4.69) is 36.0 Å². The van der Waals surface area contributed by atoms with Crippen LogP contribution in [-0.2, 0) is 0 Å². The lowest BCUT2D eigenvalue weighted by Crippen LogP contribution is -2.34. The van der Waals surface area contributed by atoms with Crippen LogP contribution in [0, 0.1) is 10.1 Å². The first-order chi connectivity index (χ1) is 10.5. The molecule has 0 radical (unpaired) electrons. The SMILES string of the molecule is CCN(CCNc1ccc([N+](=O)[O-])c2cnccc12)C(C)C. The third kappa shape index (κ3) is 3.51. The van der Waals surface area contributed by atoms with Gasteiger partial charge in [-0.1, -0.05) is 6.92 Å². The van der Waals surface area contributed by atoms with Crippen molar-refractivity contribution < 1.29 is 4.92 Å². The number of pyridine rings is 1. The molecule has 2 rings (SSSR count). The van der Waals surface area contributed by atoms with Crippen molar-refractivity contribution in [3.63, 3.8) is 0 Å². The fourth-order valence-corrected chi connectivity index (χ4v) is 2.60. The minimum absolute atomic E-state index is 0.0889.